The van der Waals surface area contributed by atoms with Crippen molar-refractivity contribution in [3.8, 4) is 16.9 Å². The number of imidazole rings is 1. The average Bonchev–Trinajstić information content (AvgIpc) is 3.09. The number of fused-ring (bicyclic) bond motifs is 4. The molecule has 176 valence electrons. The molecule has 1 aliphatic heterocycles. The number of alkyl halides is 2. The van der Waals surface area contributed by atoms with E-state index in [-0.39, 0.29) is 5.75 Å². The highest BCUT2D eigenvalue weighted by Gasteiger charge is 2.23. The van der Waals surface area contributed by atoms with Gasteiger partial charge in [0.05, 0.1) is 24.1 Å². The number of nitrogens with zero attached hydrogens (tertiary/aromatic N) is 5. The van der Waals surface area contributed by atoms with Crippen molar-refractivity contribution in [3.05, 3.63) is 71.6 Å². The van der Waals surface area contributed by atoms with Crippen LogP contribution in [-0.2, 0) is 25.2 Å². The van der Waals surface area contributed by atoms with Crippen LogP contribution in [0.5, 0.6) is 5.75 Å². The lowest BCUT2D eigenvalue weighted by Gasteiger charge is -2.25. The number of rotatable bonds is 4. The molecule has 2 aromatic carbocycles. The van der Waals surface area contributed by atoms with Gasteiger partial charge in [-0.2, -0.15) is 8.78 Å². The normalized spacial score (nSPS) is 14.6. The van der Waals surface area contributed by atoms with E-state index in [2.05, 4.69) is 19.4 Å². The molecule has 34 heavy (non-hydrogen) atoms. The molecule has 0 unspecified atom stereocenters. The topological polar surface area (TPSA) is 76.3 Å². The van der Waals surface area contributed by atoms with Crippen LogP contribution in [0.15, 0.2) is 48.8 Å². The van der Waals surface area contributed by atoms with Gasteiger partial charge in [0.2, 0.25) is 0 Å². The molecule has 0 amide bonds. The molecule has 0 spiro atoms. The molecular weight excluding hydrogens is 440 g/mol. The Kier molecular flexibility index (Phi) is 5.53. The van der Waals surface area contributed by atoms with E-state index < -0.39 is 12.2 Å². The molecule has 0 radical (unpaired) electrons. The molecule has 9 heteroatoms. The lowest BCUT2D eigenvalue weighted by Crippen LogP contribution is -2.24. The third kappa shape index (κ3) is 4.24. The summed E-state index contributed by atoms with van der Waals surface area (Å²) in [6.45, 7) is 1.97. The first-order valence-electron chi connectivity index (χ1n) is 11.0. The van der Waals surface area contributed by atoms with Crippen LogP contribution < -0.4 is 4.74 Å². The van der Waals surface area contributed by atoms with Gasteiger partial charge >= 0.3 is 6.61 Å². The number of hydrogen-bond donors (Lipinski definition) is 1. The summed E-state index contributed by atoms with van der Waals surface area (Å²) in [4.78, 5) is 15.5. The van der Waals surface area contributed by atoms with Gasteiger partial charge in [0, 0.05) is 30.1 Å². The summed E-state index contributed by atoms with van der Waals surface area (Å²) in [5, 5.41) is 10.1. The minimum atomic E-state index is -2.90. The van der Waals surface area contributed by atoms with Gasteiger partial charge < -0.3 is 14.4 Å². The van der Waals surface area contributed by atoms with E-state index in [0.29, 0.717) is 25.5 Å². The maximum absolute atomic E-state index is 13.1. The fraction of sp³-hybridized carbons (Fsp3) is 0.320. The minimum Gasteiger partial charge on any atom is -0.434 e. The predicted octanol–water partition coefficient (Wildman–Crippen LogP) is 4.32. The highest BCUT2D eigenvalue weighted by Crippen LogP contribution is 2.32. The van der Waals surface area contributed by atoms with E-state index in [9.17, 15) is 13.9 Å². The summed E-state index contributed by atoms with van der Waals surface area (Å²) in [7, 11) is 1.98. The Balaban J connectivity index is 1.61. The Morgan fingerprint density at radius 3 is 2.50 bits per heavy atom. The first kappa shape index (κ1) is 22.4. The van der Waals surface area contributed by atoms with Gasteiger partial charge in [-0.15, -0.1) is 0 Å². The van der Waals surface area contributed by atoms with E-state index in [1.807, 2.05) is 31.3 Å². The van der Waals surface area contributed by atoms with Gasteiger partial charge in [0.25, 0.3) is 0 Å². The fourth-order valence-electron chi connectivity index (χ4n) is 4.33. The van der Waals surface area contributed by atoms with Crippen molar-refractivity contribution in [2.45, 2.75) is 45.7 Å². The van der Waals surface area contributed by atoms with Crippen LogP contribution in [0.3, 0.4) is 0 Å². The van der Waals surface area contributed by atoms with Gasteiger partial charge in [-0.25, -0.2) is 15.0 Å². The Hall–Kier alpha value is -3.43. The van der Waals surface area contributed by atoms with Crippen LogP contribution in [0, 0.1) is 0 Å². The van der Waals surface area contributed by atoms with Gasteiger partial charge in [0.1, 0.15) is 17.2 Å². The van der Waals surface area contributed by atoms with Gasteiger partial charge in [-0.05, 0) is 50.2 Å². The van der Waals surface area contributed by atoms with Crippen LogP contribution in [-0.4, -0.2) is 43.2 Å². The third-order valence-corrected chi connectivity index (χ3v) is 5.97. The number of aliphatic hydroxyl groups is 1. The summed E-state index contributed by atoms with van der Waals surface area (Å²) < 4.78 is 33.1. The lowest BCUT2D eigenvalue weighted by molar-refractivity contribution is -0.0505. The third-order valence-electron chi connectivity index (χ3n) is 5.97. The van der Waals surface area contributed by atoms with Crippen molar-refractivity contribution in [3.63, 3.8) is 0 Å². The molecule has 0 fully saturated rings. The maximum atomic E-state index is 13.1. The molecule has 1 aliphatic rings. The standard InChI is InChI=1S/C25H25F2N5O2/c1-25(2,33)23-28-10-17(11-29-23)15-7-8-19-20(9-15)32-13-18-16(12-31(3)14-22(32)30-19)5-4-6-21(18)34-24(26)27/h4-11,24,33H,12-14H2,1-3H3. The Bertz CT molecular complexity index is 1330. The summed E-state index contributed by atoms with van der Waals surface area (Å²) in [5.41, 5.74) is 3.93. The van der Waals surface area contributed by atoms with Crippen LogP contribution >= 0.6 is 0 Å². The van der Waals surface area contributed by atoms with Gasteiger partial charge in [0.15, 0.2) is 5.82 Å². The molecule has 0 saturated heterocycles. The summed E-state index contributed by atoms with van der Waals surface area (Å²) in [6, 6.07) is 11.2. The number of benzene rings is 2. The highest BCUT2D eigenvalue weighted by molar-refractivity contribution is 5.82. The summed E-state index contributed by atoms with van der Waals surface area (Å²) in [5.74, 6) is 1.38. The van der Waals surface area contributed by atoms with Crippen molar-refractivity contribution < 1.29 is 18.6 Å². The van der Waals surface area contributed by atoms with E-state index in [1.165, 1.54) is 0 Å². The van der Waals surface area contributed by atoms with E-state index >= 15 is 0 Å². The van der Waals surface area contributed by atoms with E-state index in [0.717, 1.165) is 39.1 Å². The molecule has 0 aliphatic carbocycles. The zero-order valence-corrected chi connectivity index (χ0v) is 19.2. The second kappa shape index (κ2) is 8.41. The first-order chi connectivity index (χ1) is 16.2. The molecule has 0 bridgehead atoms. The van der Waals surface area contributed by atoms with Crippen molar-refractivity contribution >= 4 is 11.0 Å². The SMILES string of the molecule is CN1Cc2cccc(OC(F)F)c2Cn2c(nc3ccc(-c4cnc(C(C)(C)O)nc4)cc32)C1. The first-order valence-corrected chi connectivity index (χ1v) is 11.0. The molecule has 3 heterocycles. The lowest BCUT2D eigenvalue weighted by atomic mass is 10.0. The number of hydrogen-bond acceptors (Lipinski definition) is 6. The number of halogens is 2. The zero-order valence-electron chi connectivity index (χ0n) is 19.2. The Morgan fingerprint density at radius 1 is 1.03 bits per heavy atom. The van der Waals surface area contributed by atoms with E-state index in [4.69, 9.17) is 9.72 Å². The summed E-state index contributed by atoms with van der Waals surface area (Å²) >= 11 is 0. The van der Waals surface area contributed by atoms with Crippen LogP contribution in [0.4, 0.5) is 8.78 Å². The van der Waals surface area contributed by atoms with E-state index in [1.54, 1.807) is 38.4 Å². The smallest absolute Gasteiger partial charge is 0.387 e. The Morgan fingerprint density at radius 2 is 1.79 bits per heavy atom. The largest absolute Gasteiger partial charge is 0.434 e. The second-order valence-electron chi connectivity index (χ2n) is 9.12. The predicted molar refractivity (Wildman–Crippen MR) is 123 cm³/mol. The zero-order chi connectivity index (χ0) is 24.0. The molecule has 4 aromatic rings. The fourth-order valence-corrected chi connectivity index (χ4v) is 4.33. The van der Waals surface area contributed by atoms with Crippen molar-refractivity contribution in [1.29, 1.82) is 0 Å². The molecule has 7 nitrogen and oxygen atoms in total. The molecule has 5 rings (SSSR count). The van der Waals surface area contributed by atoms with Crippen LogP contribution in [0.25, 0.3) is 22.2 Å². The highest BCUT2D eigenvalue weighted by atomic mass is 19.3. The second-order valence-corrected chi connectivity index (χ2v) is 9.12. The molecule has 2 aromatic heterocycles. The van der Waals surface area contributed by atoms with Crippen LogP contribution in [0.2, 0.25) is 0 Å². The quantitative estimate of drug-likeness (QED) is 0.484. The molecule has 0 atom stereocenters. The average molecular weight is 466 g/mol. The van der Waals surface area contributed by atoms with Gasteiger partial charge in [-0.3, -0.25) is 4.90 Å². The van der Waals surface area contributed by atoms with Gasteiger partial charge in [-0.1, -0.05) is 18.2 Å². The number of aromatic nitrogens is 4. The van der Waals surface area contributed by atoms with Crippen LogP contribution in [0.1, 0.15) is 36.6 Å². The van der Waals surface area contributed by atoms with Crippen molar-refractivity contribution in [2.75, 3.05) is 7.05 Å². The monoisotopic (exact) mass is 465 g/mol. The minimum absolute atomic E-state index is 0.183. The summed E-state index contributed by atoms with van der Waals surface area (Å²) in [6.07, 6.45) is 3.37. The Labute approximate surface area is 195 Å². The molecular formula is C25H25F2N5O2. The molecule has 1 N–H and O–H groups in total. The maximum Gasteiger partial charge on any atom is 0.387 e. The number of ether oxygens (including phenoxy) is 1. The van der Waals surface area contributed by atoms with Crippen molar-refractivity contribution in [1.82, 2.24) is 24.4 Å². The molecule has 0 saturated carbocycles. The van der Waals surface area contributed by atoms with Crippen molar-refractivity contribution in [2.24, 2.45) is 0 Å².